The van der Waals surface area contributed by atoms with Gasteiger partial charge in [0.05, 0.1) is 0 Å². The van der Waals surface area contributed by atoms with E-state index in [9.17, 15) is 0 Å². The van der Waals surface area contributed by atoms with Gasteiger partial charge in [0.2, 0.25) is 0 Å². The van der Waals surface area contributed by atoms with Crippen molar-refractivity contribution in [3.8, 4) is 11.1 Å². The Bertz CT molecular complexity index is 1900. The molecule has 6 aliphatic rings. The average molecular weight is 799 g/mol. The molecule has 3 heteroatoms. The molecule has 270 valence electrons. The van der Waals surface area contributed by atoms with Crippen molar-refractivity contribution in [1.82, 2.24) is 0 Å². The molecule has 6 aliphatic carbocycles. The van der Waals surface area contributed by atoms with Gasteiger partial charge in [-0.15, -0.1) is 0 Å². The number of halogens is 2. The van der Waals surface area contributed by atoms with E-state index in [0.717, 1.165) is 24.2 Å². The monoisotopic (exact) mass is 796 g/mol. The van der Waals surface area contributed by atoms with Gasteiger partial charge < -0.3 is 24.8 Å². The van der Waals surface area contributed by atoms with Gasteiger partial charge in [-0.1, -0.05) is 0 Å². The Hall–Kier alpha value is -1.53. The molecule has 4 saturated carbocycles. The summed E-state index contributed by atoms with van der Waals surface area (Å²) in [6.45, 7) is 24.4. The second-order valence-corrected chi connectivity index (χ2v) is 25.8. The molecule has 1 unspecified atom stereocenters. The van der Waals surface area contributed by atoms with Crippen LogP contribution in [0.5, 0.6) is 0 Å². The maximum Gasteiger partial charge on any atom is -1.00 e. The summed E-state index contributed by atoms with van der Waals surface area (Å²) in [4.78, 5) is 0. The van der Waals surface area contributed by atoms with Crippen molar-refractivity contribution in [2.24, 2.45) is 29.1 Å². The number of benzene rings is 3. The molecule has 3 aromatic rings. The molecule has 0 aromatic heterocycles. The zero-order valence-corrected chi connectivity index (χ0v) is 37.0. The molecular formula is C48H60Cl2Zr. The molecule has 0 radical (unpaired) electrons. The largest absolute Gasteiger partial charge is 1.00 e. The number of hydrogen-bond donors (Lipinski definition) is 0. The van der Waals surface area contributed by atoms with Gasteiger partial charge >= 0.3 is 308 Å². The third-order valence-corrected chi connectivity index (χ3v) is 22.2. The third-order valence-electron chi connectivity index (χ3n) is 13.7. The van der Waals surface area contributed by atoms with Crippen LogP contribution >= 0.6 is 0 Å². The molecular weight excluding hydrogens is 739 g/mol. The first-order valence-electron chi connectivity index (χ1n) is 19.6. The summed E-state index contributed by atoms with van der Waals surface area (Å²) in [6.07, 6.45) is 14.3. The van der Waals surface area contributed by atoms with Crippen molar-refractivity contribution in [2.45, 2.75) is 131 Å². The number of hydrogen-bond acceptors (Lipinski definition) is 0. The first-order chi connectivity index (χ1) is 23.1. The van der Waals surface area contributed by atoms with E-state index in [0.29, 0.717) is 11.3 Å². The molecule has 3 aromatic carbocycles. The summed E-state index contributed by atoms with van der Waals surface area (Å²) in [5.74, 6) is 3.57. The van der Waals surface area contributed by atoms with Crippen LogP contribution in [0, 0.1) is 36.0 Å². The summed E-state index contributed by atoms with van der Waals surface area (Å²) in [5.41, 5.74) is 16.3. The molecule has 0 spiro atoms. The normalized spacial score (nSPS) is 26.3. The number of fused-ring (bicyclic) bond motifs is 3. The quantitative estimate of drug-likeness (QED) is 0.229. The molecule has 51 heavy (non-hydrogen) atoms. The second kappa shape index (κ2) is 14.0. The van der Waals surface area contributed by atoms with Crippen LogP contribution < -0.4 is 28.1 Å². The summed E-state index contributed by atoms with van der Waals surface area (Å²) in [7, 11) is 0. The molecule has 0 amide bonds. The van der Waals surface area contributed by atoms with Crippen LogP contribution in [-0.4, -0.2) is 3.21 Å². The topological polar surface area (TPSA) is 0 Å². The van der Waals surface area contributed by atoms with Crippen LogP contribution in [0.25, 0.3) is 11.1 Å². The third kappa shape index (κ3) is 6.98. The van der Waals surface area contributed by atoms with Gasteiger partial charge in [-0.3, -0.25) is 0 Å². The standard InChI is InChI=1S/C21H25.C18H25.C9H10.2ClH.Zr/c1-20(2,3)16-7-9-18-14(12-16)11-15-13-17(21(4,5)6)8-10-19(15)18;1-12-3-13(2)17(4-12)11-18-8-14-5-15(9-18)7-16(6-14)10-18;1-3-9-6-4-8(2)5-7-9;;;/h7-10,12H,11H2,1-6H3;4,12,14-16H,5-11H2,1-2H3;4-7H,1-2H3;2*1H;/q;;;;;+2/p-2. The number of allylic oxidation sites excluding steroid dienone is 4. The predicted molar refractivity (Wildman–Crippen MR) is 208 cm³/mol. The van der Waals surface area contributed by atoms with Crippen molar-refractivity contribution in [2.75, 3.05) is 0 Å². The fraction of sp³-hybridized carbons (Fsp3) is 0.521. The zero-order chi connectivity index (χ0) is 34.6. The Kier molecular flexibility index (Phi) is 10.7. The molecule has 0 N–H and O–H groups in total. The van der Waals surface area contributed by atoms with E-state index in [1.165, 1.54) is 78.3 Å². The van der Waals surface area contributed by atoms with Crippen LogP contribution in [0.3, 0.4) is 0 Å². The Morgan fingerprint density at radius 1 is 0.765 bits per heavy atom. The second-order valence-electron chi connectivity index (χ2n) is 19.5. The summed E-state index contributed by atoms with van der Waals surface area (Å²) in [6, 6.07) is 22.0. The van der Waals surface area contributed by atoms with Crippen LogP contribution in [0.15, 0.2) is 75.1 Å². The Morgan fingerprint density at radius 3 is 1.92 bits per heavy atom. The van der Waals surface area contributed by atoms with Gasteiger partial charge in [0.25, 0.3) is 0 Å². The number of aryl methyl sites for hydroxylation is 1. The van der Waals surface area contributed by atoms with Gasteiger partial charge in [0, 0.05) is 0 Å². The van der Waals surface area contributed by atoms with Crippen LogP contribution in [0.1, 0.15) is 141 Å². The molecule has 9 rings (SSSR count). The van der Waals surface area contributed by atoms with Gasteiger partial charge in [0.15, 0.2) is 0 Å². The SMILES string of the molecule is CC1=[C](/[Zr+2](=[C](\C)c2ccc(C)cc2)[c]2c(C(C)(C)C)ccc3c2Cc2cc(C(C)(C)C)ccc2-3)C(C)C=C1CC12CC3CC(CC(C3)C1)C2.[Cl-].[Cl-]. The number of rotatable bonds is 5. The molecule has 0 heterocycles. The Morgan fingerprint density at radius 2 is 1.35 bits per heavy atom. The summed E-state index contributed by atoms with van der Waals surface area (Å²) >= 11 is -2.71. The maximum atomic E-state index is 2.77. The fourth-order valence-corrected chi connectivity index (χ4v) is 21.1. The van der Waals surface area contributed by atoms with E-state index in [-0.39, 0.29) is 35.6 Å². The maximum absolute atomic E-state index is 2.77. The van der Waals surface area contributed by atoms with Crippen molar-refractivity contribution in [3.05, 3.63) is 108 Å². The minimum Gasteiger partial charge on any atom is -1.00 e. The average Bonchev–Trinajstić information content (AvgIpc) is 3.51. The predicted octanol–water partition coefficient (Wildman–Crippen LogP) is 6.11. The van der Waals surface area contributed by atoms with E-state index in [1.807, 2.05) is 3.28 Å². The first-order valence-corrected chi connectivity index (χ1v) is 23.3. The van der Waals surface area contributed by atoms with Crippen molar-refractivity contribution >= 4 is 6.48 Å². The van der Waals surface area contributed by atoms with E-state index < -0.39 is 21.3 Å². The Balaban J connectivity index is 0.00000224. The van der Waals surface area contributed by atoms with Crippen molar-refractivity contribution in [3.63, 3.8) is 0 Å². The van der Waals surface area contributed by atoms with E-state index >= 15 is 0 Å². The smallest absolute Gasteiger partial charge is 1.00 e. The van der Waals surface area contributed by atoms with Crippen molar-refractivity contribution < 1.29 is 46.1 Å². The van der Waals surface area contributed by atoms with Gasteiger partial charge in [0.1, 0.15) is 0 Å². The van der Waals surface area contributed by atoms with Crippen LogP contribution in [0.2, 0.25) is 0 Å². The van der Waals surface area contributed by atoms with Crippen molar-refractivity contribution in [1.29, 1.82) is 0 Å². The van der Waals surface area contributed by atoms with Gasteiger partial charge in [-0.25, -0.2) is 0 Å². The van der Waals surface area contributed by atoms with E-state index in [4.69, 9.17) is 0 Å². The summed E-state index contributed by atoms with van der Waals surface area (Å²) in [5, 5.41) is 0. The zero-order valence-electron chi connectivity index (χ0n) is 33.0. The van der Waals surface area contributed by atoms with Crippen LogP contribution in [0.4, 0.5) is 0 Å². The van der Waals surface area contributed by atoms with Crippen LogP contribution in [-0.2, 0) is 38.5 Å². The van der Waals surface area contributed by atoms with E-state index in [2.05, 4.69) is 130 Å². The first kappa shape index (κ1) is 39.2. The molecule has 1 atom stereocenters. The Labute approximate surface area is 330 Å². The summed E-state index contributed by atoms with van der Waals surface area (Å²) < 4.78 is 5.37. The van der Waals surface area contributed by atoms with Gasteiger partial charge in [-0.05, 0) is 0 Å². The molecule has 4 bridgehead atoms. The van der Waals surface area contributed by atoms with E-state index in [1.54, 1.807) is 28.8 Å². The molecule has 0 saturated heterocycles. The minimum absolute atomic E-state index is 0. The molecule has 0 aliphatic heterocycles. The van der Waals surface area contributed by atoms with Gasteiger partial charge in [-0.2, -0.15) is 0 Å². The fourth-order valence-electron chi connectivity index (χ4n) is 11.7. The molecule has 4 fully saturated rings. The minimum atomic E-state index is -2.71. The molecule has 0 nitrogen and oxygen atoms in total.